The Labute approximate surface area is 112 Å². The number of hydrogen-bond donors (Lipinski definition) is 1. The molecule has 1 aromatic heterocycles. The summed E-state index contributed by atoms with van der Waals surface area (Å²) in [5, 5.41) is 3.97. The average molecular weight is 261 g/mol. The fraction of sp³-hybridized carbons (Fsp3) is 0.429. The highest BCUT2D eigenvalue weighted by Crippen LogP contribution is 2.15. The number of nitrogens with zero attached hydrogens (tertiary/aromatic N) is 2. The molecule has 102 valence electrons. The first-order valence-electron chi connectivity index (χ1n) is 6.41. The lowest BCUT2D eigenvalue weighted by atomic mass is 10.1. The van der Waals surface area contributed by atoms with E-state index in [9.17, 15) is 0 Å². The van der Waals surface area contributed by atoms with Crippen LogP contribution in [0.1, 0.15) is 30.6 Å². The maximum Gasteiger partial charge on any atom is 0.228 e. The van der Waals surface area contributed by atoms with E-state index in [4.69, 9.17) is 15.0 Å². The lowest BCUT2D eigenvalue weighted by molar-refractivity contribution is 0.363. The third kappa shape index (κ3) is 3.79. The van der Waals surface area contributed by atoms with Crippen LogP contribution in [0.3, 0.4) is 0 Å². The largest absolute Gasteiger partial charge is 0.497 e. The topological polar surface area (TPSA) is 74.2 Å². The van der Waals surface area contributed by atoms with E-state index in [1.807, 2.05) is 31.2 Å². The number of hydrogen-bond acceptors (Lipinski definition) is 5. The Hall–Kier alpha value is -1.88. The van der Waals surface area contributed by atoms with E-state index in [0.29, 0.717) is 24.6 Å². The van der Waals surface area contributed by atoms with Crippen LogP contribution in [-0.2, 0) is 12.8 Å². The van der Waals surface area contributed by atoms with Crippen LogP contribution in [-0.4, -0.2) is 23.3 Å². The van der Waals surface area contributed by atoms with Gasteiger partial charge in [0.25, 0.3) is 0 Å². The molecule has 0 saturated heterocycles. The van der Waals surface area contributed by atoms with Crippen molar-refractivity contribution < 1.29 is 9.26 Å². The summed E-state index contributed by atoms with van der Waals surface area (Å²) >= 11 is 0. The highest BCUT2D eigenvalue weighted by molar-refractivity contribution is 5.30. The van der Waals surface area contributed by atoms with Gasteiger partial charge >= 0.3 is 0 Å². The predicted molar refractivity (Wildman–Crippen MR) is 72.1 cm³/mol. The van der Waals surface area contributed by atoms with Gasteiger partial charge in [-0.3, -0.25) is 0 Å². The van der Waals surface area contributed by atoms with Gasteiger partial charge in [0.15, 0.2) is 5.82 Å². The monoisotopic (exact) mass is 261 g/mol. The Morgan fingerprint density at radius 2 is 2.26 bits per heavy atom. The zero-order valence-corrected chi connectivity index (χ0v) is 11.3. The van der Waals surface area contributed by atoms with E-state index in [-0.39, 0.29) is 6.04 Å². The van der Waals surface area contributed by atoms with Gasteiger partial charge in [-0.1, -0.05) is 24.2 Å². The van der Waals surface area contributed by atoms with Gasteiger partial charge in [-0.2, -0.15) is 4.98 Å². The molecule has 0 spiro atoms. The highest BCUT2D eigenvalue weighted by atomic mass is 16.5. The molecule has 1 atom stereocenters. The van der Waals surface area contributed by atoms with Crippen LogP contribution >= 0.6 is 0 Å². The minimum Gasteiger partial charge on any atom is -0.497 e. The molecule has 2 N–H and O–H groups in total. The molecule has 0 saturated carbocycles. The van der Waals surface area contributed by atoms with Crippen molar-refractivity contribution >= 4 is 0 Å². The van der Waals surface area contributed by atoms with Gasteiger partial charge in [0.05, 0.1) is 7.11 Å². The summed E-state index contributed by atoms with van der Waals surface area (Å²) in [6, 6.07) is 7.91. The van der Waals surface area contributed by atoms with Gasteiger partial charge in [0, 0.05) is 18.9 Å². The van der Waals surface area contributed by atoms with Crippen molar-refractivity contribution in [3.8, 4) is 5.75 Å². The van der Waals surface area contributed by atoms with Crippen LogP contribution in [0.5, 0.6) is 5.75 Å². The normalized spacial score (nSPS) is 12.4. The van der Waals surface area contributed by atoms with Crippen LogP contribution in [0, 0.1) is 0 Å². The third-order valence-electron chi connectivity index (χ3n) is 2.97. The molecule has 19 heavy (non-hydrogen) atoms. The van der Waals surface area contributed by atoms with Crippen LogP contribution in [0.25, 0.3) is 0 Å². The molecule has 1 heterocycles. The Morgan fingerprint density at radius 1 is 1.42 bits per heavy atom. The summed E-state index contributed by atoms with van der Waals surface area (Å²) in [6.07, 6.45) is 2.15. The van der Waals surface area contributed by atoms with Crippen molar-refractivity contribution in [1.29, 1.82) is 0 Å². The van der Waals surface area contributed by atoms with Crippen molar-refractivity contribution in [3.05, 3.63) is 41.5 Å². The molecule has 0 radical (unpaired) electrons. The van der Waals surface area contributed by atoms with E-state index >= 15 is 0 Å². The van der Waals surface area contributed by atoms with Crippen LogP contribution in [0.15, 0.2) is 28.8 Å². The number of ether oxygens (including phenoxy) is 1. The van der Waals surface area contributed by atoms with Gasteiger partial charge < -0.3 is 15.0 Å². The molecule has 0 amide bonds. The van der Waals surface area contributed by atoms with Crippen LogP contribution in [0.4, 0.5) is 0 Å². The quantitative estimate of drug-likeness (QED) is 0.860. The molecule has 5 nitrogen and oxygen atoms in total. The molecule has 5 heteroatoms. The Kier molecular flexibility index (Phi) is 4.52. The third-order valence-corrected chi connectivity index (χ3v) is 2.97. The van der Waals surface area contributed by atoms with Crippen LogP contribution in [0.2, 0.25) is 0 Å². The molecular weight excluding hydrogens is 242 g/mol. The second-order valence-electron chi connectivity index (χ2n) is 4.51. The van der Waals surface area contributed by atoms with Gasteiger partial charge in [-0.25, -0.2) is 0 Å². The molecule has 2 rings (SSSR count). The number of aromatic nitrogens is 2. The molecule has 0 aliphatic carbocycles. The summed E-state index contributed by atoms with van der Waals surface area (Å²) < 4.78 is 10.4. The zero-order chi connectivity index (χ0) is 13.7. The van der Waals surface area contributed by atoms with Gasteiger partial charge in [0.2, 0.25) is 5.89 Å². The van der Waals surface area contributed by atoms with Gasteiger partial charge in [0.1, 0.15) is 5.75 Å². The lowest BCUT2D eigenvalue weighted by Gasteiger charge is -2.02. The van der Waals surface area contributed by atoms with Crippen molar-refractivity contribution in [3.63, 3.8) is 0 Å². The summed E-state index contributed by atoms with van der Waals surface area (Å²) in [5.74, 6) is 2.10. The SMILES string of the molecule is CCC(N)Cc1nc(Cc2cccc(OC)c2)no1. The molecule has 2 aromatic rings. The highest BCUT2D eigenvalue weighted by Gasteiger charge is 2.10. The second-order valence-corrected chi connectivity index (χ2v) is 4.51. The van der Waals surface area contributed by atoms with Crippen LogP contribution < -0.4 is 10.5 Å². The smallest absolute Gasteiger partial charge is 0.228 e. The molecule has 0 aliphatic rings. The fourth-order valence-corrected chi connectivity index (χ4v) is 1.78. The van der Waals surface area contributed by atoms with E-state index in [2.05, 4.69) is 10.1 Å². The fourth-order valence-electron chi connectivity index (χ4n) is 1.78. The standard InChI is InChI=1S/C14H19N3O2/c1-3-11(15)9-14-16-13(17-19-14)8-10-5-4-6-12(7-10)18-2/h4-7,11H,3,8-9,15H2,1-2H3. The molecule has 1 aromatic carbocycles. The second kappa shape index (κ2) is 6.33. The summed E-state index contributed by atoms with van der Waals surface area (Å²) in [7, 11) is 1.65. The van der Waals surface area contributed by atoms with Crippen molar-refractivity contribution in [2.75, 3.05) is 7.11 Å². The Bertz CT molecular complexity index is 525. The number of nitrogens with two attached hydrogens (primary N) is 1. The molecule has 0 aliphatic heterocycles. The maximum absolute atomic E-state index is 5.86. The van der Waals surface area contributed by atoms with E-state index < -0.39 is 0 Å². The molecule has 0 bridgehead atoms. The minimum absolute atomic E-state index is 0.0742. The first-order valence-corrected chi connectivity index (χ1v) is 6.41. The average Bonchev–Trinajstić information content (AvgIpc) is 2.86. The van der Waals surface area contributed by atoms with Crippen molar-refractivity contribution in [1.82, 2.24) is 10.1 Å². The van der Waals surface area contributed by atoms with Crippen molar-refractivity contribution in [2.45, 2.75) is 32.2 Å². The Balaban J connectivity index is 2.02. The lowest BCUT2D eigenvalue weighted by Crippen LogP contribution is -2.21. The number of methoxy groups -OCH3 is 1. The summed E-state index contributed by atoms with van der Waals surface area (Å²) in [4.78, 5) is 4.35. The predicted octanol–water partition coefficient (Wildman–Crippen LogP) is 1.95. The summed E-state index contributed by atoms with van der Waals surface area (Å²) in [6.45, 7) is 2.04. The molecule has 0 fully saturated rings. The Morgan fingerprint density at radius 3 is 3.00 bits per heavy atom. The van der Waals surface area contributed by atoms with E-state index in [0.717, 1.165) is 17.7 Å². The van der Waals surface area contributed by atoms with Crippen molar-refractivity contribution in [2.24, 2.45) is 5.73 Å². The van der Waals surface area contributed by atoms with E-state index in [1.165, 1.54) is 0 Å². The first kappa shape index (κ1) is 13.5. The number of rotatable bonds is 6. The maximum atomic E-state index is 5.86. The number of benzene rings is 1. The summed E-state index contributed by atoms with van der Waals surface area (Å²) in [5.41, 5.74) is 6.95. The molecule has 1 unspecified atom stereocenters. The zero-order valence-electron chi connectivity index (χ0n) is 11.3. The van der Waals surface area contributed by atoms with Gasteiger partial charge in [-0.15, -0.1) is 0 Å². The first-order chi connectivity index (χ1) is 9.21. The van der Waals surface area contributed by atoms with E-state index in [1.54, 1.807) is 7.11 Å². The molecular formula is C14H19N3O2. The van der Waals surface area contributed by atoms with Gasteiger partial charge in [-0.05, 0) is 24.1 Å². The minimum atomic E-state index is 0.0742.